The van der Waals surface area contributed by atoms with Gasteiger partial charge in [-0.25, -0.2) is 0 Å². The van der Waals surface area contributed by atoms with Gasteiger partial charge in [0.2, 0.25) is 0 Å². The quantitative estimate of drug-likeness (QED) is 0.748. The van der Waals surface area contributed by atoms with Crippen LogP contribution in [0.5, 0.6) is 17.2 Å². The van der Waals surface area contributed by atoms with Crippen LogP contribution in [0.2, 0.25) is 0 Å². The predicted octanol–water partition coefficient (Wildman–Crippen LogP) is 4.51. The van der Waals surface area contributed by atoms with Crippen molar-refractivity contribution in [3.05, 3.63) is 53.6 Å². The predicted molar refractivity (Wildman–Crippen MR) is 97.9 cm³/mol. The van der Waals surface area contributed by atoms with Crippen LogP contribution in [0.15, 0.2) is 42.5 Å². The second-order valence-corrected chi connectivity index (χ2v) is 7.95. The third-order valence-electron chi connectivity index (χ3n) is 5.36. The average Bonchev–Trinajstić information content (AvgIpc) is 2.59. The van der Waals surface area contributed by atoms with Crippen LogP contribution in [0.3, 0.4) is 0 Å². The molecule has 26 heavy (non-hydrogen) atoms. The lowest BCUT2D eigenvalue weighted by atomic mass is 9.65. The summed E-state index contributed by atoms with van der Waals surface area (Å²) in [4.78, 5) is 26.0. The molecule has 0 N–H and O–H groups in total. The van der Waals surface area contributed by atoms with Crippen molar-refractivity contribution in [3.63, 3.8) is 0 Å². The first-order valence-electron chi connectivity index (χ1n) is 8.90. The van der Waals surface area contributed by atoms with Gasteiger partial charge >= 0.3 is 0 Å². The summed E-state index contributed by atoms with van der Waals surface area (Å²) in [5, 5.41) is 0. The molecule has 1 fully saturated rings. The summed E-state index contributed by atoms with van der Waals surface area (Å²) in [5.41, 5.74) is 1.46. The van der Waals surface area contributed by atoms with Crippen LogP contribution in [-0.4, -0.2) is 18.7 Å². The van der Waals surface area contributed by atoms with Gasteiger partial charge in [0.1, 0.15) is 28.8 Å². The highest BCUT2D eigenvalue weighted by atomic mass is 16.5. The minimum absolute atomic E-state index is 0.0155. The second-order valence-electron chi connectivity index (χ2n) is 7.95. The van der Waals surface area contributed by atoms with Crippen LogP contribution in [0.4, 0.5) is 0 Å². The fourth-order valence-corrected chi connectivity index (χ4v) is 4.24. The molecule has 0 radical (unpaired) electrons. The molecule has 0 spiro atoms. The number of ketones is 2. The van der Waals surface area contributed by atoms with Crippen LogP contribution in [0, 0.1) is 11.3 Å². The van der Waals surface area contributed by atoms with E-state index >= 15 is 0 Å². The van der Waals surface area contributed by atoms with E-state index in [0.717, 1.165) is 11.1 Å². The van der Waals surface area contributed by atoms with Gasteiger partial charge in [-0.3, -0.25) is 9.59 Å². The number of methoxy groups -OCH3 is 1. The Labute approximate surface area is 153 Å². The molecule has 4 nitrogen and oxygen atoms in total. The molecule has 4 heteroatoms. The average molecular weight is 350 g/mol. The first-order valence-corrected chi connectivity index (χ1v) is 8.90. The summed E-state index contributed by atoms with van der Waals surface area (Å²) < 4.78 is 11.4. The van der Waals surface area contributed by atoms with Gasteiger partial charge in [-0.1, -0.05) is 32.0 Å². The van der Waals surface area contributed by atoms with E-state index in [1.807, 2.05) is 56.3 Å². The lowest BCUT2D eigenvalue weighted by Gasteiger charge is -2.38. The molecule has 4 rings (SSSR count). The fraction of sp³-hybridized carbons (Fsp3) is 0.364. The van der Waals surface area contributed by atoms with Crippen molar-refractivity contribution in [3.8, 4) is 17.2 Å². The van der Waals surface area contributed by atoms with E-state index in [2.05, 4.69) is 0 Å². The van der Waals surface area contributed by atoms with E-state index in [9.17, 15) is 9.59 Å². The zero-order chi connectivity index (χ0) is 18.5. The first-order chi connectivity index (χ1) is 12.4. The number of para-hydroxylation sites is 1. The van der Waals surface area contributed by atoms with Gasteiger partial charge < -0.3 is 9.47 Å². The van der Waals surface area contributed by atoms with Crippen molar-refractivity contribution in [2.45, 2.75) is 32.6 Å². The molecule has 1 heterocycles. The Morgan fingerprint density at radius 3 is 2.27 bits per heavy atom. The third-order valence-corrected chi connectivity index (χ3v) is 5.36. The number of carbonyl (C=O) groups is 2. The Morgan fingerprint density at radius 1 is 0.923 bits per heavy atom. The lowest BCUT2D eigenvalue weighted by Crippen LogP contribution is -2.41. The topological polar surface area (TPSA) is 52.6 Å². The maximum atomic E-state index is 13.0. The molecule has 0 saturated heterocycles. The third kappa shape index (κ3) is 2.70. The summed E-state index contributed by atoms with van der Waals surface area (Å²) in [7, 11) is 1.60. The number of carbonyl (C=O) groups excluding carboxylic acids is 2. The van der Waals surface area contributed by atoms with E-state index in [0.29, 0.717) is 30.1 Å². The summed E-state index contributed by atoms with van der Waals surface area (Å²) in [6.07, 6.45) is 0.838. The Balaban J connectivity index is 1.88. The van der Waals surface area contributed by atoms with E-state index in [-0.39, 0.29) is 22.9 Å². The Kier molecular flexibility index (Phi) is 3.87. The Bertz CT molecular complexity index is 877. The normalized spacial score (nSPS) is 21.6. The highest BCUT2D eigenvalue weighted by Crippen LogP contribution is 2.51. The van der Waals surface area contributed by atoms with Crippen LogP contribution in [0.1, 0.15) is 43.7 Å². The molecule has 134 valence electrons. The number of hydrogen-bond acceptors (Lipinski definition) is 4. The smallest absolute Gasteiger partial charge is 0.144 e. The van der Waals surface area contributed by atoms with Gasteiger partial charge in [-0.2, -0.15) is 0 Å². The number of hydrogen-bond donors (Lipinski definition) is 0. The van der Waals surface area contributed by atoms with Gasteiger partial charge in [0.25, 0.3) is 0 Å². The molecule has 1 aliphatic carbocycles. The highest BCUT2D eigenvalue weighted by molar-refractivity contribution is 6.06. The van der Waals surface area contributed by atoms with Crippen molar-refractivity contribution in [2.24, 2.45) is 11.3 Å². The molecular formula is C22H22O4. The standard InChI is InChI=1S/C22H22O4/c1-22(2)11-16(23)21(17(24)12-22)20-14-6-4-5-7-18(14)26-19-9-8-13(25-3)10-15(19)20/h4-10,20-21H,11-12H2,1-3H3/t20-/m1/s1. The molecule has 0 bridgehead atoms. The molecule has 2 aromatic carbocycles. The molecule has 1 atom stereocenters. The summed E-state index contributed by atoms with van der Waals surface area (Å²) in [5.74, 6) is 1.11. The van der Waals surface area contributed by atoms with Crippen LogP contribution < -0.4 is 9.47 Å². The number of fused-ring (bicyclic) bond motifs is 2. The molecule has 0 amide bonds. The van der Waals surface area contributed by atoms with E-state index < -0.39 is 5.92 Å². The Morgan fingerprint density at radius 2 is 1.58 bits per heavy atom. The van der Waals surface area contributed by atoms with Gasteiger partial charge in [0, 0.05) is 29.9 Å². The van der Waals surface area contributed by atoms with Crippen LogP contribution in [-0.2, 0) is 9.59 Å². The number of Topliss-reactive ketones (excluding diaryl/α,β-unsaturated/α-hetero) is 2. The number of ether oxygens (including phenoxy) is 2. The molecule has 1 aliphatic heterocycles. The fourth-order valence-electron chi connectivity index (χ4n) is 4.24. The molecule has 2 aliphatic rings. The van der Waals surface area contributed by atoms with Gasteiger partial charge in [-0.05, 0) is 29.7 Å². The van der Waals surface area contributed by atoms with Crippen molar-refractivity contribution in [1.82, 2.24) is 0 Å². The lowest BCUT2D eigenvalue weighted by molar-refractivity contribution is -0.140. The first kappa shape index (κ1) is 16.8. The van der Waals surface area contributed by atoms with Gasteiger partial charge in [0.15, 0.2) is 0 Å². The van der Waals surface area contributed by atoms with E-state index in [1.54, 1.807) is 7.11 Å². The van der Waals surface area contributed by atoms with E-state index in [4.69, 9.17) is 9.47 Å². The minimum atomic E-state index is -0.668. The highest BCUT2D eigenvalue weighted by Gasteiger charge is 2.46. The minimum Gasteiger partial charge on any atom is -0.497 e. The molecule has 0 aromatic heterocycles. The van der Waals surface area contributed by atoms with Crippen LogP contribution in [0.25, 0.3) is 0 Å². The largest absolute Gasteiger partial charge is 0.497 e. The number of rotatable bonds is 2. The monoisotopic (exact) mass is 350 g/mol. The summed E-state index contributed by atoms with van der Waals surface area (Å²) in [6.45, 7) is 3.96. The van der Waals surface area contributed by atoms with E-state index in [1.165, 1.54) is 0 Å². The molecule has 1 saturated carbocycles. The van der Waals surface area contributed by atoms with Gasteiger partial charge in [0.05, 0.1) is 13.0 Å². The van der Waals surface area contributed by atoms with Crippen molar-refractivity contribution >= 4 is 11.6 Å². The molecule has 0 unspecified atom stereocenters. The maximum absolute atomic E-state index is 13.0. The van der Waals surface area contributed by atoms with Crippen molar-refractivity contribution in [1.29, 1.82) is 0 Å². The van der Waals surface area contributed by atoms with Crippen LogP contribution >= 0.6 is 0 Å². The summed E-state index contributed by atoms with van der Waals surface area (Å²) >= 11 is 0. The second kappa shape index (κ2) is 5.97. The SMILES string of the molecule is COc1ccc2c(c1)[C@H](C1C(=O)CC(C)(C)CC1=O)c1ccccc1O2. The molecule has 2 aromatic rings. The molecular weight excluding hydrogens is 328 g/mol. The van der Waals surface area contributed by atoms with Crippen molar-refractivity contribution in [2.75, 3.05) is 7.11 Å². The number of benzene rings is 2. The Hall–Kier alpha value is -2.62. The van der Waals surface area contributed by atoms with Crippen molar-refractivity contribution < 1.29 is 19.1 Å². The zero-order valence-electron chi connectivity index (χ0n) is 15.2. The van der Waals surface area contributed by atoms with Gasteiger partial charge in [-0.15, -0.1) is 0 Å². The zero-order valence-corrected chi connectivity index (χ0v) is 15.2. The maximum Gasteiger partial charge on any atom is 0.144 e. The summed E-state index contributed by atoms with van der Waals surface area (Å²) in [6, 6.07) is 13.2.